The molecular weight excluding hydrogens is 278 g/mol. The molecule has 0 radical (unpaired) electrons. The first-order valence-corrected chi connectivity index (χ1v) is 8.70. The van der Waals surface area contributed by atoms with Gasteiger partial charge in [0.05, 0.1) is 6.04 Å². The number of unbranched alkanes of at least 4 members (excludes halogenated alkanes) is 2. The third-order valence-electron chi connectivity index (χ3n) is 5.12. The Balaban J connectivity index is 1.94. The van der Waals surface area contributed by atoms with E-state index in [9.17, 15) is 0 Å². The minimum Gasteiger partial charge on any atom is -0.320 e. The summed E-state index contributed by atoms with van der Waals surface area (Å²) in [6.45, 7) is 2.26. The molecule has 23 heavy (non-hydrogen) atoms. The summed E-state index contributed by atoms with van der Waals surface area (Å²) in [4.78, 5) is 0. The van der Waals surface area contributed by atoms with Gasteiger partial charge in [-0.05, 0) is 51.4 Å². The Hall–Kier alpha value is -2.12. The Morgan fingerprint density at radius 1 is 0.870 bits per heavy atom. The molecule has 0 heterocycles. The van der Waals surface area contributed by atoms with Gasteiger partial charge in [-0.2, -0.15) is 0 Å². The van der Waals surface area contributed by atoms with Crippen molar-refractivity contribution >= 4 is 10.8 Å². The van der Waals surface area contributed by atoms with Crippen LogP contribution in [0, 0.1) is 0 Å². The molecule has 1 atom stereocenters. The fourth-order valence-corrected chi connectivity index (χ4v) is 3.97. The minimum atomic E-state index is -0.00390. The van der Waals surface area contributed by atoms with E-state index in [1.54, 1.807) is 0 Å². The second-order valence-corrected chi connectivity index (χ2v) is 6.56. The van der Waals surface area contributed by atoms with Gasteiger partial charge >= 0.3 is 0 Å². The van der Waals surface area contributed by atoms with Crippen molar-refractivity contribution in [3.05, 3.63) is 71.3 Å². The van der Waals surface area contributed by atoms with E-state index in [0.717, 1.165) is 6.42 Å². The lowest BCUT2D eigenvalue weighted by molar-refractivity contribution is 0.719. The van der Waals surface area contributed by atoms with Crippen molar-refractivity contribution in [2.75, 3.05) is 0 Å². The molecule has 3 aromatic carbocycles. The average molecular weight is 301 g/mol. The summed E-state index contributed by atoms with van der Waals surface area (Å²) in [6.07, 6.45) is 4.96. The highest BCUT2D eigenvalue weighted by Gasteiger charge is 2.28. The van der Waals surface area contributed by atoms with Crippen molar-refractivity contribution in [2.45, 2.75) is 38.6 Å². The molecule has 0 fully saturated rings. The largest absolute Gasteiger partial charge is 0.320 e. The van der Waals surface area contributed by atoms with E-state index in [-0.39, 0.29) is 6.04 Å². The van der Waals surface area contributed by atoms with Crippen molar-refractivity contribution in [2.24, 2.45) is 5.73 Å². The number of fused-ring (bicyclic) bond motifs is 5. The van der Waals surface area contributed by atoms with Crippen LogP contribution in [0.15, 0.2) is 54.6 Å². The van der Waals surface area contributed by atoms with Gasteiger partial charge in [0.25, 0.3) is 0 Å². The highest BCUT2D eigenvalue weighted by atomic mass is 14.7. The van der Waals surface area contributed by atoms with Gasteiger partial charge in [-0.1, -0.05) is 74.4 Å². The molecule has 1 heteroatoms. The van der Waals surface area contributed by atoms with Crippen LogP contribution in [0.5, 0.6) is 0 Å². The Morgan fingerprint density at radius 2 is 1.61 bits per heavy atom. The Kier molecular flexibility index (Phi) is 3.66. The number of benzene rings is 3. The summed E-state index contributed by atoms with van der Waals surface area (Å²) >= 11 is 0. The minimum absolute atomic E-state index is 0.00390. The van der Waals surface area contributed by atoms with Crippen LogP contribution < -0.4 is 5.73 Å². The van der Waals surface area contributed by atoms with E-state index in [1.165, 1.54) is 57.9 Å². The molecular formula is C22H23N. The standard InChI is InChI=1S/C22H23N/c1-2-3-4-9-15-14-20-17-11-6-8-13-19(17)22(23)21(20)18-12-7-5-10-16(15)18/h5-8,10-14,22H,2-4,9,23H2,1H3. The van der Waals surface area contributed by atoms with Gasteiger partial charge in [-0.15, -0.1) is 0 Å². The monoisotopic (exact) mass is 301 g/mol. The molecule has 1 aliphatic rings. The Morgan fingerprint density at radius 3 is 2.43 bits per heavy atom. The van der Waals surface area contributed by atoms with Gasteiger partial charge in [-0.3, -0.25) is 0 Å². The first kappa shape index (κ1) is 14.5. The zero-order valence-corrected chi connectivity index (χ0v) is 13.7. The second-order valence-electron chi connectivity index (χ2n) is 6.56. The number of nitrogens with two attached hydrogens (primary N) is 1. The fourth-order valence-electron chi connectivity index (χ4n) is 3.97. The van der Waals surface area contributed by atoms with Gasteiger partial charge in [0.2, 0.25) is 0 Å². The lowest BCUT2D eigenvalue weighted by Gasteiger charge is -2.14. The van der Waals surface area contributed by atoms with E-state index in [4.69, 9.17) is 5.73 Å². The smallest absolute Gasteiger partial charge is 0.0570 e. The SMILES string of the molecule is CCCCCc1cc2c(c3ccccc13)C(N)c1ccccc1-2. The van der Waals surface area contributed by atoms with Crippen LogP contribution in [-0.4, -0.2) is 0 Å². The zero-order valence-electron chi connectivity index (χ0n) is 13.7. The van der Waals surface area contributed by atoms with Gasteiger partial charge in [0, 0.05) is 0 Å². The molecule has 0 spiro atoms. The molecule has 0 saturated heterocycles. The molecule has 1 nitrogen and oxygen atoms in total. The molecule has 2 N–H and O–H groups in total. The van der Waals surface area contributed by atoms with Crippen molar-refractivity contribution in [1.29, 1.82) is 0 Å². The Labute approximate surface area is 138 Å². The third kappa shape index (κ3) is 2.27. The van der Waals surface area contributed by atoms with Crippen LogP contribution in [0.2, 0.25) is 0 Å². The zero-order chi connectivity index (χ0) is 15.8. The molecule has 116 valence electrons. The third-order valence-corrected chi connectivity index (χ3v) is 5.12. The van der Waals surface area contributed by atoms with E-state index in [0.29, 0.717) is 0 Å². The van der Waals surface area contributed by atoms with Gasteiger partial charge in [-0.25, -0.2) is 0 Å². The highest BCUT2D eigenvalue weighted by molar-refractivity contribution is 5.98. The quantitative estimate of drug-likeness (QED) is 0.623. The summed E-state index contributed by atoms with van der Waals surface area (Å²) in [5.41, 5.74) is 13.3. The van der Waals surface area contributed by atoms with Crippen LogP contribution in [0.4, 0.5) is 0 Å². The topological polar surface area (TPSA) is 26.0 Å². The summed E-state index contributed by atoms with van der Waals surface area (Å²) in [5.74, 6) is 0. The van der Waals surface area contributed by atoms with Crippen LogP contribution >= 0.6 is 0 Å². The molecule has 4 rings (SSSR count). The Bertz CT molecular complexity index is 863. The summed E-state index contributed by atoms with van der Waals surface area (Å²) in [5, 5.41) is 2.71. The first-order valence-electron chi connectivity index (χ1n) is 8.70. The maximum atomic E-state index is 6.60. The van der Waals surface area contributed by atoms with Crippen molar-refractivity contribution in [1.82, 2.24) is 0 Å². The van der Waals surface area contributed by atoms with Crippen molar-refractivity contribution in [3.63, 3.8) is 0 Å². The lowest BCUT2D eigenvalue weighted by Crippen LogP contribution is -2.08. The maximum Gasteiger partial charge on any atom is 0.0570 e. The maximum absolute atomic E-state index is 6.60. The molecule has 0 bridgehead atoms. The number of hydrogen-bond donors (Lipinski definition) is 1. The fraction of sp³-hybridized carbons (Fsp3) is 0.273. The van der Waals surface area contributed by atoms with Gasteiger partial charge in [0.15, 0.2) is 0 Å². The van der Waals surface area contributed by atoms with E-state index in [1.807, 2.05) is 0 Å². The predicted octanol–water partition coefficient (Wildman–Crippen LogP) is 5.60. The van der Waals surface area contributed by atoms with Crippen LogP contribution in [0.25, 0.3) is 21.9 Å². The van der Waals surface area contributed by atoms with E-state index < -0.39 is 0 Å². The van der Waals surface area contributed by atoms with E-state index >= 15 is 0 Å². The lowest BCUT2D eigenvalue weighted by atomic mass is 9.91. The van der Waals surface area contributed by atoms with Gasteiger partial charge in [0.1, 0.15) is 0 Å². The summed E-state index contributed by atoms with van der Waals surface area (Å²) < 4.78 is 0. The number of aryl methyl sites for hydroxylation is 1. The number of hydrogen-bond acceptors (Lipinski definition) is 1. The molecule has 0 amide bonds. The molecule has 3 aromatic rings. The summed E-state index contributed by atoms with van der Waals surface area (Å²) in [7, 11) is 0. The normalized spacial score (nSPS) is 15.7. The number of rotatable bonds is 4. The molecule has 1 aliphatic carbocycles. The second kappa shape index (κ2) is 5.82. The molecule has 1 unspecified atom stereocenters. The van der Waals surface area contributed by atoms with Crippen LogP contribution in [-0.2, 0) is 6.42 Å². The van der Waals surface area contributed by atoms with Crippen molar-refractivity contribution in [3.8, 4) is 11.1 Å². The highest BCUT2D eigenvalue weighted by Crippen LogP contribution is 2.46. The van der Waals surface area contributed by atoms with E-state index in [2.05, 4.69) is 61.5 Å². The van der Waals surface area contributed by atoms with Gasteiger partial charge < -0.3 is 5.73 Å². The van der Waals surface area contributed by atoms with Crippen molar-refractivity contribution < 1.29 is 0 Å². The van der Waals surface area contributed by atoms with Crippen LogP contribution in [0.3, 0.4) is 0 Å². The predicted molar refractivity (Wildman–Crippen MR) is 98.6 cm³/mol. The molecule has 0 aliphatic heterocycles. The van der Waals surface area contributed by atoms with Crippen LogP contribution in [0.1, 0.15) is 48.9 Å². The summed E-state index contributed by atoms with van der Waals surface area (Å²) in [6, 6.07) is 19.8. The molecule has 0 saturated carbocycles. The molecule has 0 aromatic heterocycles. The first-order chi connectivity index (χ1) is 11.3. The average Bonchev–Trinajstić information content (AvgIpc) is 2.88.